The topological polar surface area (TPSA) is 69.9 Å². The molecule has 8 nitrogen and oxygen atoms in total. The van der Waals surface area contributed by atoms with Crippen LogP contribution < -0.4 is 5.32 Å². The number of nitrogens with zero attached hydrogens (tertiary/aromatic N) is 7. The van der Waals surface area contributed by atoms with E-state index in [0.717, 1.165) is 135 Å². The van der Waals surface area contributed by atoms with Crippen molar-refractivity contribution in [3.63, 3.8) is 0 Å². The van der Waals surface area contributed by atoms with Gasteiger partial charge in [-0.25, -0.2) is 9.97 Å². The number of aromatic nitrogens is 6. The summed E-state index contributed by atoms with van der Waals surface area (Å²) in [5.74, 6) is 0.581. The molecule has 19 aromatic rings. The van der Waals surface area contributed by atoms with E-state index < -0.39 is 0 Å². The molecular formula is C88H56N8. The van der Waals surface area contributed by atoms with Crippen LogP contribution in [-0.4, -0.2) is 34.5 Å². The number of hydrogen-bond donors (Lipinski definition) is 1. The van der Waals surface area contributed by atoms with Gasteiger partial charge in [-0.15, -0.1) is 0 Å². The molecule has 6 heterocycles. The molecule has 1 unspecified atom stereocenters. The molecule has 0 bridgehead atoms. The minimum atomic E-state index is -0.326. The third-order valence-electron chi connectivity index (χ3n) is 20.6. The van der Waals surface area contributed by atoms with Crippen LogP contribution in [0.2, 0.25) is 0 Å². The predicted octanol–water partition coefficient (Wildman–Crippen LogP) is 22.2. The molecule has 0 radical (unpaired) electrons. The van der Waals surface area contributed by atoms with Crippen LogP contribution in [0.5, 0.6) is 0 Å². The molecule has 0 saturated carbocycles. The molecule has 0 saturated heterocycles. The molecule has 5 aromatic heterocycles. The highest BCUT2D eigenvalue weighted by Crippen LogP contribution is 2.50. The van der Waals surface area contributed by atoms with Gasteiger partial charge in [0.05, 0.1) is 61.7 Å². The molecule has 2 aliphatic rings. The summed E-state index contributed by atoms with van der Waals surface area (Å²) in [6.45, 7) is 0. The van der Waals surface area contributed by atoms with Crippen molar-refractivity contribution in [3.8, 4) is 45.4 Å². The van der Waals surface area contributed by atoms with Crippen molar-refractivity contribution in [1.82, 2.24) is 28.2 Å². The fourth-order valence-electron chi connectivity index (χ4n) is 16.4. The zero-order valence-corrected chi connectivity index (χ0v) is 52.0. The number of benzene rings is 14. The molecule has 1 atom stereocenters. The average Bonchev–Trinajstić information content (AvgIpc) is 1.54. The second-order valence-electron chi connectivity index (χ2n) is 25.7. The molecule has 1 N–H and O–H groups in total. The van der Waals surface area contributed by atoms with E-state index in [-0.39, 0.29) is 6.17 Å². The lowest BCUT2D eigenvalue weighted by Crippen LogP contribution is -2.17. The molecule has 8 heteroatoms. The van der Waals surface area contributed by atoms with Crippen molar-refractivity contribution in [2.24, 2.45) is 4.99 Å². The van der Waals surface area contributed by atoms with E-state index in [0.29, 0.717) is 5.82 Å². The Morgan fingerprint density at radius 2 is 0.833 bits per heavy atom. The molecule has 1 aliphatic heterocycles. The fraction of sp³-hybridized carbons (Fsp3) is 0.0341. The van der Waals surface area contributed by atoms with Gasteiger partial charge in [-0.2, -0.15) is 0 Å². The Kier molecular flexibility index (Phi) is 11.3. The molecule has 0 amide bonds. The molecule has 96 heavy (non-hydrogen) atoms. The van der Waals surface area contributed by atoms with Crippen LogP contribution in [0.4, 0.5) is 5.69 Å². The summed E-state index contributed by atoms with van der Waals surface area (Å²) >= 11 is 0. The highest BCUT2D eigenvalue weighted by molar-refractivity contribution is 6.31. The molecular weight excluding hydrogens is 1170 g/mol. The van der Waals surface area contributed by atoms with Gasteiger partial charge in [-0.05, 0) is 88.7 Å². The lowest BCUT2D eigenvalue weighted by atomic mass is 9.94. The van der Waals surface area contributed by atoms with Crippen LogP contribution in [0.25, 0.3) is 171 Å². The number of hydrogen-bond acceptors (Lipinski definition) is 4. The van der Waals surface area contributed by atoms with E-state index in [4.69, 9.17) is 15.0 Å². The maximum Gasteiger partial charge on any atom is 0.160 e. The summed E-state index contributed by atoms with van der Waals surface area (Å²) < 4.78 is 10.3. The van der Waals surface area contributed by atoms with Crippen LogP contribution in [0, 0.1) is 0 Å². The third-order valence-corrected chi connectivity index (χ3v) is 20.6. The lowest BCUT2D eigenvalue weighted by Gasteiger charge is -2.24. The second-order valence-corrected chi connectivity index (χ2v) is 25.7. The first-order valence-corrected chi connectivity index (χ1v) is 33.2. The number of anilines is 1. The largest absolute Gasteiger partial charge is 0.356 e. The SMILES string of the molecule is C1=Cc2c(ccc3c4c(ccc5c6ccc7ccccc7c6n(-c6cc(-c7nc8c(c(-c9ccccc9)n7)NC(c7ccccc7)N=C8)cc(-n7c8c9ccccc9ccc8c8ccc9c%10ccc%11ccccc%11c%10n(-c%10ccccc%10)c9c87)c6)c54)n(-c4ccccc4)c23)CC1. The number of aliphatic imine (C=N–C) groups is 1. The summed E-state index contributed by atoms with van der Waals surface area (Å²) in [7, 11) is 0. The van der Waals surface area contributed by atoms with Gasteiger partial charge < -0.3 is 23.6 Å². The number of allylic oxidation sites excluding steroid dienone is 1. The van der Waals surface area contributed by atoms with E-state index >= 15 is 0 Å². The Morgan fingerprint density at radius 1 is 0.354 bits per heavy atom. The predicted molar refractivity (Wildman–Crippen MR) is 401 cm³/mol. The van der Waals surface area contributed by atoms with E-state index in [1.165, 1.54) is 65.3 Å². The van der Waals surface area contributed by atoms with E-state index in [1.54, 1.807) is 0 Å². The van der Waals surface area contributed by atoms with Crippen LogP contribution in [0.15, 0.2) is 296 Å². The Bertz CT molecular complexity index is 6590. The third kappa shape index (κ3) is 7.63. The summed E-state index contributed by atoms with van der Waals surface area (Å²) in [6, 6.07) is 105. The molecule has 0 fully saturated rings. The number of rotatable bonds is 7. The first kappa shape index (κ1) is 52.9. The van der Waals surface area contributed by atoms with Gasteiger partial charge in [0.1, 0.15) is 11.9 Å². The van der Waals surface area contributed by atoms with Gasteiger partial charge in [0.25, 0.3) is 0 Å². The Labute approximate surface area is 550 Å². The maximum absolute atomic E-state index is 5.81. The van der Waals surface area contributed by atoms with Gasteiger partial charge in [-0.1, -0.05) is 249 Å². The van der Waals surface area contributed by atoms with Crippen molar-refractivity contribution in [1.29, 1.82) is 0 Å². The Hall–Kier alpha value is -12.7. The highest BCUT2D eigenvalue weighted by Gasteiger charge is 2.30. The van der Waals surface area contributed by atoms with Crippen molar-refractivity contribution < 1.29 is 0 Å². The van der Waals surface area contributed by atoms with E-state index in [2.05, 4.69) is 315 Å². The van der Waals surface area contributed by atoms with Crippen molar-refractivity contribution in [2.45, 2.75) is 19.0 Å². The second kappa shape index (κ2) is 20.4. The zero-order valence-electron chi connectivity index (χ0n) is 52.0. The van der Waals surface area contributed by atoms with E-state index in [9.17, 15) is 0 Å². The first-order chi connectivity index (χ1) is 47.6. The Morgan fingerprint density at radius 3 is 1.44 bits per heavy atom. The van der Waals surface area contributed by atoms with Gasteiger partial charge in [-0.3, -0.25) is 4.99 Å². The van der Waals surface area contributed by atoms with Gasteiger partial charge in [0.15, 0.2) is 5.82 Å². The molecule has 0 spiro atoms. The standard InChI is InChI=1S/C88H56N8/c1-5-25-57(26-6-1)78-79-75(52-89-87(92-79)58-27-7-2-8-28-58)90-88(91-78)59-49-62(95-81-65-34-18-14-22-54(65)37-41-68(81)71-47-48-76-77(84(71)95)74-44-40-56-24-16-20-36-67(56)83(74)93(76)60-29-9-3-10-30-60)51-63(50-59)96-82-66-35-19-15-23-55(66)39-43-70(82)73-46-45-72-69-42-38-53-21-13-17-33-64(53)80(69)94(85(72)86(73)96)61-31-11-4-12-32-61/h1-15,17-23,25-52,87,92H,16,24H2. The summed E-state index contributed by atoms with van der Waals surface area (Å²) in [4.78, 5) is 16.7. The van der Waals surface area contributed by atoms with Crippen LogP contribution in [0.1, 0.15) is 35.0 Å². The van der Waals surface area contributed by atoms with Gasteiger partial charge in [0.2, 0.25) is 0 Å². The molecule has 14 aromatic carbocycles. The molecule has 21 rings (SSSR count). The monoisotopic (exact) mass is 1220 g/mol. The van der Waals surface area contributed by atoms with Crippen LogP contribution in [-0.2, 0) is 6.42 Å². The van der Waals surface area contributed by atoms with E-state index in [1.807, 2.05) is 12.3 Å². The molecule has 448 valence electrons. The first-order valence-electron chi connectivity index (χ1n) is 33.2. The summed E-state index contributed by atoms with van der Waals surface area (Å²) in [5.41, 5.74) is 21.2. The van der Waals surface area contributed by atoms with Crippen molar-refractivity contribution in [3.05, 3.63) is 314 Å². The smallest absolute Gasteiger partial charge is 0.160 e. The zero-order chi connectivity index (χ0) is 62.7. The Balaban J connectivity index is 0.963. The average molecular weight is 1230 g/mol. The lowest BCUT2D eigenvalue weighted by molar-refractivity contribution is 0.828. The number of nitrogens with one attached hydrogen (secondary N) is 1. The minimum absolute atomic E-state index is 0.326. The number of fused-ring (bicyclic) bond motifs is 23. The maximum atomic E-state index is 5.81. The fourth-order valence-corrected chi connectivity index (χ4v) is 16.4. The summed E-state index contributed by atoms with van der Waals surface area (Å²) in [5, 5.41) is 20.3. The molecule has 1 aliphatic carbocycles. The van der Waals surface area contributed by atoms with Crippen molar-refractivity contribution in [2.75, 3.05) is 5.32 Å². The van der Waals surface area contributed by atoms with Crippen LogP contribution in [0.3, 0.4) is 0 Å². The minimum Gasteiger partial charge on any atom is -0.356 e. The quantitative estimate of drug-likeness (QED) is 0.173. The van der Waals surface area contributed by atoms with Gasteiger partial charge >= 0.3 is 0 Å². The highest BCUT2D eigenvalue weighted by atomic mass is 15.1. The number of para-hydroxylation sites is 2. The normalized spacial score (nSPS) is 13.9. The van der Waals surface area contributed by atoms with Crippen molar-refractivity contribution >= 4 is 138 Å². The number of aryl methyl sites for hydroxylation is 1. The summed E-state index contributed by atoms with van der Waals surface area (Å²) in [6.07, 6.45) is 8.35. The van der Waals surface area contributed by atoms with Crippen LogP contribution >= 0.6 is 0 Å². The van der Waals surface area contributed by atoms with Gasteiger partial charge in [0, 0.05) is 98.7 Å².